The van der Waals surface area contributed by atoms with Crippen LogP contribution < -0.4 is 10.2 Å². The zero-order valence-corrected chi connectivity index (χ0v) is 13.1. The maximum Gasteiger partial charge on any atom is 0.119 e. The molecule has 2 rings (SSSR count). The number of nitrogens with zero attached hydrogens (tertiary/aromatic N) is 1. The first-order chi connectivity index (χ1) is 10.0. The number of hydrogen-bond acceptors (Lipinski definition) is 3. The van der Waals surface area contributed by atoms with Gasteiger partial charge in [0.2, 0.25) is 0 Å². The molecule has 21 heavy (non-hydrogen) atoms. The molecule has 0 aliphatic heterocycles. The van der Waals surface area contributed by atoms with Crippen molar-refractivity contribution in [1.29, 1.82) is 0 Å². The van der Waals surface area contributed by atoms with Gasteiger partial charge in [-0.1, -0.05) is 17.7 Å². The Balaban J connectivity index is 2.03. The first-order valence-electron chi connectivity index (χ1n) is 7.18. The summed E-state index contributed by atoms with van der Waals surface area (Å²) in [6.07, 6.45) is 0.189. The lowest BCUT2D eigenvalue weighted by molar-refractivity contribution is 0.242. The lowest BCUT2D eigenvalue weighted by Gasteiger charge is -2.10. The second kappa shape index (κ2) is 6.93. The van der Waals surface area contributed by atoms with E-state index >= 15 is 0 Å². The first-order valence-corrected chi connectivity index (χ1v) is 7.18. The normalized spacial score (nSPS) is 11.6. The highest BCUT2D eigenvalue weighted by Crippen LogP contribution is 2.15. The summed E-state index contributed by atoms with van der Waals surface area (Å²) >= 11 is 0. The number of nitrogens with one attached hydrogen (secondary N) is 1. The quantitative estimate of drug-likeness (QED) is 0.641. The molecule has 110 valence electrons. The number of benzene rings is 2. The molecule has 0 aliphatic carbocycles. The van der Waals surface area contributed by atoms with Gasteiger partial charge in [0.25, 0.3) is 0 Å². The Labute approximate surface area is 126 Å². The van der Waals surface area contributed by atoms with Crippen molar-refractivity contribution in [3.63, 3.8) is 0 Å². The van der Waals surface area contributed by atoms with Crippen LogP contribution in [0.2, 0.25) is 0 Å². The van der Waals surface area contributed by atoms with Crippen LogP contribution in [0.5, 0.6) is 5.75 Å². The third-order valence-electron chi connectivity index (χ3n) is 3.05. The van der Waals surface area contributed by atoms with Gasteiger partial charge in [-0.15, -0.1) is 0 Å². The Morgan fingerprint density at radius 2 is 1.62 bits per heavy atom. The fraction of sp³-hybridized carbons (Fsp3) is 0.278. The van der Waals surface area contributed by atoms with E-state index in [0.717, 1.165) is 22.7 Å². The molecule has 0 aliphatic rings. The molecular formula is C18H22N2O. The molecule has 0 bridgehead atoms. The second-order valence-electron chi connectivity index (χ2n) is 5.37. The van der Waals surface area contributed by atoms with Gasteiger partial charge in [-0.05, 0) is 69.7 Å². The minimum absolute atomic E-state index is 0.189. The van der Waals surface area contributed by atoms with Crippen LogP contribution in [0.15, 0.2) is 53.6 Å². The van der Waals surface area contributed by atoms with E-state index in [2.05, 4.69) is 29.6 Å². The molecule has 0 radical (unpaired) electrons. The SMILES string of the molecule is C/C(=N/Nc1ccc(C)cc1)c1ccc(OC(C)C)cc1. The van der Waals surface area contributed by atoms with E-state index in [-0.39, 0.29) is 6.10 Å². The van der Waals surface area contributed by atoms with Gasteiger partial charge in [0, 0.05) is 0 Å². The number of ether oxygens (including phenoxy) is 1. The van der Waals surface area contributed by atoms with E-state index in [1.165, 1.54) is 5.56 Å². The zero-order chi connectivity index (χ0) is 15.2. The summed E-state index contributed by atoms with van der Waals surface area (Å²) in [5, 5.41) is 4.41. The topological polar surface area (TPSA) is 33.6 Å². The maximum atomic E-state index is 5.63. The molecule has 3 heteroatoms. The number of aryl methyl sites for hydroxylation is 1. The smallest absolute Gasteiger partial charge is 0.119 e. The summed E-state index contributed by atoms with van der Waals surface area (Å²) in [6, 6.07) is 16.1. The minimum Gasteiger partial charge on any atom is -0.491 e. The molecule has 0 fully saturated rings. The fourth-order valence-corrected chi connectivity index (χ4v) is 1.89. The van der Waals surface area contributed by atoms with E-state index in [9.17, 15) is 0 Å². The number of anilines is 1. The summed E-state index contributed by atoms with van der Waals surface area (Å²) in [6.45, 7) is 8.09. The number of hydrazone groups is 1. The monoisotopic (exact) mass is 282 g/mol. The van der Waals surface area contributed by atoms with Crippen LogP contribution >= 0.6 is 0 Å². The Kier molecular flexibility index (Phi) is 4.99. The van der Waals surface area contributed by atoms with Gasteiger partial charge < -0.3 is 4.74 Å². The van der Waals surface area contributed by atoms with Gasteiger partial charge in [0.1, 0.15) is 5.75 Å². The minimum atomic E-state index is 0.189. The number of rotatable bonds is 5. The van der Waals surface area contributed by atoms with Crippen molar-refractivity contribution in [2.75, 3.05) is 5.43 Å². The highest BCUT2D eigenvalue weighted by Gasteiger charge is 2.00. The van der Waals surface area contributed by atoms with Crippen molar-refractivity contribution in [2.24, 2.45) is 5.10 Å². The molecule has 0 saturated heterocycles. The lowest BCUT2D eigenvalue weighted by Crippen LogP contribution is -2.06. The average molecular weight is 282 g/mol. The van der Waals surface area contributed by atoms with Gasteiger partial charge in [-0.25, -0.2) is 0 Å². The van der Waals surface area contributed by atoms with Crippen LogP contribution in [0.4, 0.5) is 5.69 Å². The zero-order valence-electron chi connectivity index (χ0n) is 13.1. The van der Waals surface area contributed by atoms with Crippen LogP contribution in [-0.2, 0) is 0 Å². The average Bonchev–Trinajstić information content (AvgIpc) is 2.46. The Bertz CT molecular complexity index is 598. The molecule has 0 unspecified atom stereocenters. The van der Waals surface area contributed by atoms with E-state index < -0.39 is 0 Å². The highest BCUT2D eigenvalue weighted by atomic mass is 16.5. The predicted molar refractivity (Wildman–Crippen MR) is 89.2 cm³/mol. The molecule has 3 nitrogen and oxygen atoms in total. The van der Waals surface area contributed by atoms with Crippen molar-refractivity contribution < 1.29 is 4.74 Å². The van der Waals surface area contributed by atoms with Crippen LogP contribution in [0.25, 0.3) is 0 Å². The second-order valence-corrected chi connectivity index (χ2v) is 5.37. The Morgan fingerprint density at radius 1 is 1.00 bits per heavy atom. The van der Waals surface area contributed by atoms with Gasteiger partial charge >= 0.3 is 0 Å². The summed E-state index contributed by atoms with van der Waals surface area (Å²) in [5.74, 6) is 0.882. The summed E-state index contributed by atoms with van der Waals surface area (Å²) in [5.41, 5.74) is 7.31. The van der Waals surface area contributed by atoms with Gasteiger partial charge in [-0.2, -0.15) is 5.10 Å². The summed E-state index contributed by atoms with van der Waals surface area (Å²) in [7, 11) is 0. The molecule has 0 amide bonds. The van der Waals surface area contributed by atoms with Crippen molar-refractivity contribution >= 4 is 11.4 Å². The fourth-order valence-electron chi connectivity index (χ4n) is 1.89. The van der Waals surface area contributed by atoms with Crippen LogP contribution in [-0.4, -0.2) is 11.8 Å². The maximum absolute atomic E-state index is 5.63. The van der Waals surface area contributed by atoms with E-state index in [0.29, 0.717) is 0 Å². The van der Waals surface area contributed by atoms with Crippen LogP contribution in [0, 0.1) is 6.92 Å². The molecule has 0 saturated carbocycles. The molecule has 2 aromatic rings. The summed E-state index contributed by atoms with van der Waals surface area (Å²) < 4.78 is 5.63. The molecule has 0 spiro atoms. The highest BCUT2D eigenvalue weighted by molar-refractivity contribution is 5.99. The predicted octanol–water partition coefficient (Wildman–Crippen LogP) is 4.62. The molecule has 2 aromatic carbocycles. The molecule has 0 aromatic heterocycles. The Hall–Kier alpha value is -2.29. The van der Waals surface area contributed by atoms with Crippen LogP contribution in [0.1, 0.15) is 31.9 Å². The molecule has 0 heterocycles. The first kappa shape index (κ1) is 15.1. The van der Waals surface area contributed by atoms with Gasteiger partial charge in [-0.3, -0.25) is 5.43 Å². The largest absolute Gasteiger partial charge is 0.491 e. The molecular weight excluding hydrogens is 260 g/mol. The number of hydrogen-bond donors (Lipinski definition) is 1. The lowest BCUT2D eigenvalue weighted by atomic mass is 10.1. The van der Waals surface area contributed by atoms with Crippen molar-refractivity contribution in [1.82, 2.24) is 0 Å². The summed E-state index contributed by atoms with van der Waals surface area (Å²) in [4.78, 5) is 0. The molecule has 1 N–H and O–H groups in total. The standard InChI is InChI=1S/C18H22N2O/c1-13(2)21-18-11-7-16(8-12-18)15(4)19-20-17-9-5-14(3)6-10-17/h5-13,20H,1-4H3/b19-15-. The van der Waals surface area contributed by atoms with Crippen molar-refractivity contribution in [3.8, 4) is 5.75 Å². The van der Waals surface area contributed by atoms with Crippen LogP contribution in [0.3, 0.4) is 0 Å². The van der Waals surface area contributed by atoms with Crippen molar-refractivity contribution in [3.05, 3.63) is 59.7 Å². The third kappa shape index (κ3) is 4.63. The molecule has 0 atom stereocenters. The van der Waals surface area contributed by atoms with Crippen molar-refractivity contribution in [2.45, 2.75) is 33.8 Å². The van der Waals surface area contributed by atoms with E-state index in [1.807, 2.05) is 57.2 Å². The van der Waals surface area contributed by atoms with E-state index in [4.69, 9.17) is 4.74 Å². The Morgan fingerprint density at radius 3 is 2.19 bits per heavy atom. The van der Waals surface area contributed by atoms with E-state index in [1.54, 1.807) is 0 Å². The van der Waals surface area contributed by atoms with Gasteiger partial charge in [0.15, 0.2) is 0 Å². The van der Waals surface area contributed by atoms with Gasteiger partial charge in [0.05, 0.1) is 17.5 Å². The third-order valence-corrected chi connectivity index (χ3v) is 3.05.